The van der Waals surface area contributed by atoms with E-state index in [0.717, 1.165) is 11.3 Å². The number of oxazole rings is 1. The molecule has 0 aliphatic rings. The van der Waals surface area contributed by atoms with E-state index in [-0.39, 0.29) is 0 Å². The van der Waals surface area contributed by atoms with E-state index in [1.54, 1.807) is 6.26 Å². The molecule has 2 aromatic rings. The molecule has 1 aromatic heterocycles. The summed E-state index contributed by atoms with van der Waals surface area (Å²) < 4.78 is 4.85. The summed E-state index contributed by atoms with van der Waals surface area (Å²) in [5, 5.41) is 0.686. The van der Waals surface area contributed by atoms with Crippen molar-refractivity contribution in [2.75, 3.05) is 0 Å². The lowest BCUT2D eigenvalue weighted by Gasteiger charge is -1.96. The van der Waals surface area contributed by atoms with Gasteiger partial charge in [-0.25, -0.2) is 4.98 Å². The highest BCUT2D eigenvalue weighted by molar-refractivity contribution is 6.33. The van der Waals surface area contributed by atoms with Crippen molar-refractivity contribution in [1.29, 1.82) is 0 Å². The van der Waals surface area contributed by atoms with Crippen LogP contribution >= 0.6 is 11.6 Å². The van der Waals surface area contributed by atoms with Gasteiger partial charge in [-0.05, 0) is 6.07 Å². The molecule has 1 heterocycles. The molecule has 0 atom stereocenters. The molecule has 0 saturated carbocycles. The van der Waals surface area contributed by atoms with Gasteiger partial charge in [0.25, 0.3) is 0 Å². The maximum absolute atomic E-state index is 5.93. The number of hydrogen-bond acceptors (Lipinski definition) is 2. The monoisotopic (exact) mass is 179 g/mol. The fourth-order valence-corrected chi connectivity index (χ4v) is 1.25. The second-order valence-corrected chi connectivity index (χ2v) is 2.76. The van der Waals surface area contributed by atoms with E-state index in [0.29, 0.717) is 5.02 Å². The first kappa shape index (κ1) is 7.37. The maximum atomic E-state index is 5.93. The molecule has 12 heavy (non-hydrogen) atoms. The van der Waals surface area contributed by atoms with Gasteiger partial charge in [-0.1, -0.05) is 29.8 Å². The number of aromatic nitrogens is 1. The Bertz CT molecular complexity index is 370. The van der Waals surface area contributed by atoms with Crippen molar-refractivity contribution in [2.24, 2.45) is 0 Å². The molecule has 60 valence electrons. The molecule has 0 radical (unpaired) electrons. The van der Waals surface area contributed by atoms with Gasteiger partial charge < -0.3 is 4.42 Å². The maximum Gasteiger partial charge on any atom is 0.181 e. The highest BCUT2D eigenvalue weighted by Gasteiger charge is 2.03. The summed E-state index contributed by atoms with van der Waals surface area (Å²) in [5.41, 5.74) is 1.66. The Morgan fingerprint density at radius 2 is 2.08 bits per heavy atom. The molecule has 0 unspecified atom stereocenters. The quantitative estimate of drug-likeness (QED) is 0.673. The Morgan fingerprint density at radius 1 is 1.25 bits per heavy atom. The Hall–Kier alpha value is -1.28. The van der Waals surface area contributed by atoms with Crippen LogP contribution in [0, 0.1) is 0 Å². The number of nitrogens with zero attached hydrogens (tertiary/aromatic N) is 1. The van der Waals surface area contributed by atoms with Crippen LogP contribution in [0.25, 0.3) is 11.3 Å². The first-order valence-corrected chi connectivity index (χ1v) is 3.89. The van der Waals surface area contributed by atoms with Crippen LogP contribution in [-0.2, 0) is 0 Å². The van der Waals surface area contributed by atoms with Crippen LogP contribution in [0.4, 0.5) is 0 Å². The third kappa shape index (κ3) is 1.21. The van der Waals surface area contributed by atoms with Crippen molar-refractivity contribution in [3.8, 4) is 11.3 Å². The standard InChI is InChI=1S/C9H6ClNO/c10-8-4-2-1-3-7(8)9-5-12-6-11-9/h1-6H. The van der Waals surface area contributed by atoms with Crippen LogP contribution in [0.2, 0.25) is 5.02 Å². The van der Waals surface area contributed by atoms with Gasteiger partial charge in [-0.15, -0.1) is 0 Å². The van der Waals surface area contributed by atoms with Crippen molar-refractivity contribution in [3.63, 3.8) is 0 Å². The SMILES string of the molecule is Clc1ccccc1-c1cocn1. The molecule has 0 N–H and O–H groups in total. The molecular formula is C9H6ClNO. The van der Waals surface area contributed by atoms with Crippen LogP contribution in [0.3, 0.4) is 0 Å². The van der Waals surface area contributed by atoms with Gasteiger partial charge in [0.15, 0.2) is 6.39 Å². The van der Waals surface area contributed by atoms with E-state index >= 15 is 0 Å². The Kier molecular flexibility index (Phi) is 1.84. The minimum absolute atomic E-state index is 0.686. The smallest absolute Gasteiger partial charge is 0.181 e. The van der Waals surface area contributed by atoms with Gasteiger partial charge in [0.2, 0.25) is 0 Å². The highest BCUT2D eigenvalue weighted by Crippen LogP contribution is 2.25. The number of halogens is 1. The Balaban J connectivity index is 2.55. The summed E-state index contributed by atoms with van der Waals surface area (Å²) in [7, 11) is 0. The van der Waals surface area contributed by atoms with E-state index in [1.165, 1.54) is 6.39 Å². The van der Waals surface area contributed by atoms with Gasteiger partial charge in [0.1, 0.15) is 12.0 Å². The average molecular weight is 180 g/mol. The molecule has 0 fully saturated rings. The summed E-state index contributed by atoms with van der Waals surface area (Å²) >= 11 is 5.93. The summed E-state index contributed by atoms with van der Waals surface area (Å²) in [6, 6.07) is 7.52. The van der Waals surface area contributed by atoms with Crippen LogP contribution in [0.15, 0.2) is 41.3 Å². The van der Waals surface area contributed by atoms with Crippen LogP contribution in [0.5, 0.6) is 0 Å². The van der Waals surface area contributed by atoms with Crippen molar-refractivity contribution in [2.45, 2.75) is 0 Å². The second kappa shape index (κ2) is 2.99. The molecule has 2 nitrogen and oxygen atoms in total. The lowest BCUT2D eigenvalue weighted by Crippen LogP contribution is -1.76. The van der Waals surface area contributed by atoms with Gasteiger partial charge in [0.05, 0.1) is 5.02 Å². The molecule has 0 bridgehead atoms. The minimum Gasteiger partial charge on any atom is -0.451 e. The number of rotatable bonds is 1. The minimum atomic E-state index is 0.686. The lowest BCUT2D eigenvalue weighted by atomic mass is 10.2. The summed E-state index contributed by atoms with van der Waals surface area (Å²) in [6.45, 7) is 0. The van der Waals surface area contributed by atoms with Crippen LogP contribution in [0.1, 0.15) is 0 Å². The number of benzene rings is 1. The van der Waals surface area contributed by atoms with Crippen molar-refractivity contribution < 1.29 is 4.42 Å². The second-order valence-electron chi connectivity index (χ2n) is 2.35. The topological polar surface area (TPSA) is 26.0 Å². The third-order valence-electron chi connectivity index (χ3n) is 1.58. The predicted molar refractivity (Wildman–Crippen MR) is 46.9 cm³/mol. The average Bonchev–Trinajstić information content (AvgIpc) is 2.57. The Morgan fingerprint density at radius 3 is 2.75 bits per heavy atom. The first-order valence-electron chi connectivity index (χ1n) is 3.51. The van der Waals surface area contributed by atoms with Gasteiger partial charge in [0, 0.05) is 5.56 Å². The zero-order valence-electron chi connectivity index (χ0n) is 6.20. The third-order valence-corrected chi connectivity index (χ3v) is 1.91. The summed E-state index contributed by atoms with van der Waals surface area (Å²) in [4.78, 5) is 4.00. The van der Waals surface area contributed by atoms with Gasteiger partial charge >= 0.3 is 0 Å². The van der Waals surface area contributed by atoms with Gasteiger partial charge in [-0.2, -0.15) is 0 Å². The highest BCUT2D eigenvalue weighted by atomic mass is 35.5. The zero-order valence-corrected chi connectivity index (χ0v) is 6.95. The molecule has 0 amide bonds. The van der Waals surface area contributed by atoms with Crippen LogP contribution in [-0.4, -0.2) is 4.98 Å². The van der Waals surface area contributed by atoms with Crippen molar-refractivity contribution in [3.05, 3.63) is 41.9 Å². The van der Waals surface area contributed by atoms with Crippen LogP contribution < -0.4 is 0 Å². The van der Waals surface area contributed by atoms with Gasteiger partial charge in [-0.3, -0.25) is 0 Å². The normalized spacial score (nSPS) is 10.1. The molecule has 0 aliphatic carbocycles. The molecule has 0 saturated heterocycles. The van der Waals surface area contributed by atoms with E-state index < -0.39 is 0 Å². The van der Waals surface area contributed by atoms with Crippen molar-refractivity contribution in [1.82, 2.24) is 4.98 Å². The zero-order chi connectivity index (χ0) is 8.39. The van der Waals surface area contributed by atoms with E-state index in [4.69, 9.17) is 16.0 Å². The van der Waals surface area contributed by atoms with Crippen molar-refractivity contribution >= 4 is 11.6 Å². The number of hydrogen-bond donors (Lipinski definition) is 0. The summed E-state index contributed by atoms with van der Waals surface area (Å²) in [6.07, 6.45) is 2.96. The van der Waals surface area contributed by atoms with E-state index in [9.17, 15) is 0 Å². The van der Waals surface area contributed by atoms with E-state index in [1.807, 2.05) is 24.3 Å². The fraction of sp³-hybridized carbons (Fsp3) is 0. The Labute approximate surface area is 74.8 Å². The molecule has 3 heteroatoms. The first-order chi connectivity index (χ1) is 5.88. The lowest BCUT2D eigenvalue weighted by molar-refractivity contribution is 0.558. The molecule has 0 aliphatic heterocycles. The predicted octanol–water partition coefficient (Wildman–Crippen LogP) is 3.00. The molecule has 0 spiro atoms. The largest absolute Gasteiger partial charge is 0.451 e. The van der Waals surface area contributed by atoms with E-state index in [2.05, 4.69) is 4.98 Å². The molecule has 1 aromatic carbocycles. The molecule has 2 rings (SSSR count). The summed E-state index contributed by atoms with van der Waals surface area (Å²) in [5.74, 6) is 0. The molecular weight excluding hydrogens is 174 g/mol. The fourth-order valence-electron chi connectivity index (χ4n) is 1.01.